The van der Waals surface area contributed by atoms with Crippen LogP contribution in [0, 0.1) is 5.41 Å². The van der Waals surface area contributed by atoms with Crippen molar-refractivity contribution in [1.82, 2.24) is 19.8 Å². The topological polar surface area (TPSA) is 138 Å². The zero-order valence-electron chi connectivity index (χ0n) is 25.2. The number of imidazole rings is 1. The number of amidine groups is 1. The zero-order chi connectivity index (χ0) is 30.9. The van der Waals surface area contributed by atoms with E-state index in [2.05, 4.69) is 15.2 Å². The molecular formula is C34H41N7O3. The lowest BCUT2D eigenvalue weighted by Crippen LogP contribution is -2.47. The van der Waals surface area contributed by atoms with Gasteiger partial charge in [-0.15, -0.1) is 0 Å². The SMILES string of the molecule is CCOCCCn1c(CCc2ccc(C(=N)N)cc2)nc2cc(C(=O)N3CCC(NC(=O)Nc4ccccc4)CC3)ccc21. The lowest BCUT2D eigenvalue weighted by Gasteiger charge is -2.32. The van der Waals surface area contributed by atoms with E-state index in [0.717, 1.165) is 53.9 Å². The van der Waals surface area contributed by atoms with Crippen molar-refractivity contribution in [2.45, 2.75) is 51.6 Å². The van der Waals surface area contributed by atoms with Gasteiger partial charge in [0.1, 0.15) is 11.7 Å². The quantitative estimate of drug-likeness (QED) is 0.104. The Bertz CT molecular complexity index is 1580. The standard InChI is InChI=1S/C34H41N7O3/c1-2-44-22-6-19-41-30-15-14-26(23-29(30)39-31(41)16-11-24-9-12-25(13-10-24)32(35)36)33(42)40-20-17-28(18-21-40)38-34(43)37-27-7-4-3-5-8-27/h3-5,7-10,12-15,23,28H,2,6,11,16-22H2,1H3,(H3,35,36)(H2,37,38,43). The van der Waals surface area contributed by atoms with Crippen LogP contribution in [0.15, 0.2) is 72.8 Å². The van der Waals surface area contributed by atoms with Crippen LogP contribution in [-0.4, -0.2) is 64.6 Å². The Hall–Kier alpha value is -4.70. The van der Waals surface area contributed by atoms with Crippen LogP contribution in [0.5, 0.6) is 0 Å². The molecule has 0 bridgehead atoms. The van der Waals surface area contributed by atoms with Gasteiger partial charge in [-0.25, -0.2) is 9.78 Å². The highest BCUT2D eigenvalue weighted by Crippen LogP contribution is 2.22. The van der Waals surface area contributed by atoms with Crippen LogP contribution in [0.3, 0.4) is 0 Å². The van der Waals surface area contributed by atoms with Crippen LogP contribution in [-0.2, 0) is 24.1 Å². The van der Waals surface area contributed by atoms with Crippen molar-refractivity contribution in [3.05, 3.63) is 95.3 Å². The number of aromatic nitrogens is 2. The number of carbonyl (C=O) groups is 2. The number of nitrogens with two attached hydrogens (primary N) is 1. The largest absolute Gasteiger partial charge is 0.384 e. The summed E-state index contributed by atoms with van der Waals surface area (Å²) < 4.78 is 7.82. The Labute approximate surface area is 258 Å². The predicted molar refractivity (Wildman–Crippen MR) is 173 cm³/mol. The third-order valence-electron chi connectivity index (χ3n) is 8.00. The summed E-state index contributed by atoms with van der Waals surface area (Å²) in [6, 6.07) is 22.7. The van der Waals surface area contributed by atoms with E-state index in [0.29, 0.717) is 50.3 Å². The number of aryl methyl sites for hydroxylation is 3. The maximum absolute atomic E-state index is 13.5. The van der Waals surface area contributed by atoms with Gasteiger partial charge in [-0.05, 0) is 68.5 Å². The number of nitrogens with zero attached hydrogens (tertiary/aromatic N) is 3. The fourth-order valence-corrected chi connectivity index (χ4v) is 5.61. The number of fused-ring (bicyclic) bond motifs is 1. The first-order valence-corrected chi connectivity index (χ1v) is 15.3. The maximum Gasteiger partial charge on any atom is 0.319 e. The van der Waals surface area contributed by atoms with Crippen LogP contribution in [0.2, 0.25) is 0 Å². The predicted octanol–water partition coefficient (Wildman–Crippen LogP) is 4.96. The Morgan fingerprint density at radius 3 is 2.43 bits per heavy atom. The molecule has 4 aromatic rings. The van der Waals surface area contributed by atoms with Crippen LogP contribution >= 0.6 is 0 Å². The minimum atomic E-state index is -0.229. The number of hydrogen-bond donors (Lipinski definition) is 4. The fraction of sp³-hybridized carbons (Fsp3) is 0.353. The summed E-state index contributed by atoms with van der Waals surface area (Å²) in [4.78, 5) is 32.7. The highest BCUT2D eigenvalue weighted by atomic mass is 16.5. The van der Waals surface area contributed by atoms with E-state index < -0.39 is 0 Å². The number of anilines is 1. The Morgan fingerprint density at radius 2 is 1.73 bits per heavy atom. The first-order chi connectivity index (χ1) is 21.4. The van der Waals surface area contributed by atoms with Crippen molar-refractivity contribution in [3.8, 4) is 0 Å². The molecule has 3 amide bonds. The Morgan fingerprint density at radius 1 is 1.00 bits per heavy atom. The van der Waals surface area contributed by atoms with Crippen molar-refractivity contribution >= 4 is 34.5 Å². The highest BCUT2D eigenvalue weighted by Gasteiger charge is 2.25. The molecule has 1 saturated heterocycles. The summed E-state index contributed by atoms with van der Waals surface area (Å²) in [6.45, 7) is 5.29. The van der Waals surface area contributed by atoms with E-state index >= 15 is 0 Å². The number of benzene rings is 3. The number of para-hydroxylation sites is 1. The van der Waals surface area contributed by atoms with E-state index in [1.165, 1.54) is 0 Å². The van der Waals surface area contributed by atoms with E-state index in [9.17, 15) is 9.59 Å². The summed E-state index contributed by atoms with van der Waals surface area (Å²) in [7, 11) is 0. The molecule has 1 aromatic heterocycles. The first kappa shape index (κ1) is 30.7. The van der Waals surface area contributed by atoms with E-state index in [-0.39, 0.29) is 23.8 Å². The van der Waals surface area contributed by atoms with Gasteiger partial charge in [0.05, 0.1) is 11.0 Å². The smallest absolute Gasteiger partial charge is 0.319 e. The van der Waals surface area contributed by atoms with Crippen molar-refractivity contribution in [2.75, 3.05) is 31.6 Å². The number of amides is 3. The zero-order valence-corrected chi connectivity index (χ0v) is 25.2. The number of rotatable bonds is 12. The fourth-order valence-electron chi connectivity index (χ4n) is 5.61. The number of nitrogens with one attached hydrogen (secondary N) is 3. The van der Waals surface area contributed by atoms with Gasteiger partial charge in [-0.1, -0.05) is 42.5 Å². The van der Waals surface area contributed by atoms with Crippen LogP contribution in [0.4, 0.5) is 10.5 Å². The van der Waals surface area contributed by atoms with Crippen LogP contribution < -0.4 is 16.4 Å². The summed E-state index contributed by atoms with van der Waals surface area (Å²) in [5.41, 5.74) is 10.6. The normalized spacial score (nSPS) is 13.6. The molecule has 10 heteroatoms. The molecule has 0 spiro atoms. The molecule has 1 aliphatic heterocycles. The summed E-state index contributed by atoms with van der Waals surface area (Å²) in [5, 5.41) is 13.5. The van der Waals surface area contributed by atoms with Crippen molar-refractivity contribution in [2.24, 2.45) is 5.73 Å². The van der Waals surface area contributed by atoms with E-state index in [1.54, 1.807) is 0 Å². The third-order valence-corrected chi connectivity index (χ3v) is 8.00. The molecule has 3 aromatic carbocycles. The third kappa shape index (κ3) is 7.82. The molecule has 0 unspecified atom stereocenters. The molecule has 0 radical (unpaired) electrons. The molecule has 0 atom stereocenters. The van der Waals surface area contributed by atoms with Crippen molar-refractivity contribution in [3.63, 3.8) is 0 Å². The summed E-state index contributed by atoms with van der Waals surface area (Å²) in [5.74, 6) is 1.01. The second-order valence-corrected chi connectivity index (χ2v) is 11.1. The number of hydrogen-bond acceptors (Lipinski definition) is 5. The van der Waals surface area contributed by atoms with Gasteiger partial charge in [0.2, 0.25) is 0 Å². The molecule has 2 heterocycles. The number of ether oxygens (including phenoxy) is 1. The first-order valence-electron chi connectivity index (χ1n) is 15.3. The number of likely N-dealkylation sites (tertiary alicyclic amines) is 1. The van der Waals surface area contributed by atoms with Gasteiger partial charge >= 0.3 is 6.03 Å². The van der Waals surface area contributed by atoms with Gasteiger partial charge in [0.15, 0.2) is 0 Å². The monoisotopic (exact) mass is 595 g/mol. The van der Waals surface area contributed by atoms with E-state index in [1.807, 2.05) is 84.6 Å². The van der Waals surface area contributed by atoms with Gasteiger partial charge < -0.3 is 30.6 Å². The lowest BCUT2D eigenvalue weighted by molar-refractivity contribution is 0.0709. The molecule has 0 aliphatic carbocycles. The van der Waals surface area contributed by atoms with E-state index in [4.69, 9.17) is 20.9 Å². The molecule has 5 N–H and O–H groups in total. The minimum Gasteiger partial charge on any atom is -0.384 e. The molecule has 230 valence electrons. The van der Waals surface area contributed by atoms with Gasteiger partial charge in [-0.3, -0.25) is 10.2 Å². The average molecular weight is 596 g/mol. The molecule has 1 aliphatic rings. The van der Waals surface area contributed by atoms with Gasteiger partial charge in [-0.2, -0.15) is 0 Å². The molecular weight excluding hydrogens is 554 g/mol. The molecule has 10 nitrogen and oxygen atoms in total. The number of carbonyl (C=O) groups excluding carboxylic acids is 2. The number of nitrogen functional groups attached to an aromatic ring is 1. The van der Waals surface area contributed by atoms with Crippen molar-refractivity contribution in [1.29, 1.82) is 5.41 Å². The lowest BCUT2D eigenvalue weighted by atomic mass is 10.0. The van der Waals surface area contributed by atoms with Crippen LogP contribution in [0.25, 0.3) is 11.0 Å². The average Bonchev–Trinajstić information content (AvgIpc) is 3.39. The summed E-state index contributed by atoms with van der Waals surface area (Å²) >= 11 is 0. The number of piperidine rings is 1. The molecule has 5 rings (SSSR count). The number of urea groups is 1. The van der Waals surface area contributed by atoms with Gasteiger partial charge in [0, 0.05) is 62.1 Å². The highest BCUT2D eigenvalue weighted by molar-refractivity contribution is 5.97. The second kappa shape index (κ2) is 14.7. The molecule has 0 saturated carbocycles. The maximum atomic E-state index is 13.5. The minimum absolute atomic E-state index is 0.0128. The molecule has 1 fully saturated rings. The summed E-state index contributed by atoms with van der Waals surface area (Å²) in [6.07, 6.45) is 3.80. The van der Waals surface area contributed by atoms with Gasteiger partial charge in [0.25, 0.3) is 5.91 Å². The Balaban J connectivity index is 1.23. The van der Waals surface area contributed by atoms with Crippen LogP contribution in [0.1, 0.15) is 53.5 Å². The Kier molecular flexibility index (Phi) is 10.2. The second-order valence-electron chi connectivity index (χ2n) is 11.1. The molecule has 44 heavy (non-hydrogen) atoms. The van der Waals surface area contributed by atoms with Crippen molar-refractivity contribution < 1.29 is 14.3 Å².